The van der Waals surface area contributed by atoms with Gasteiger partial charge in [0.25, 0.3) is 0 Å². The average molecular weight is 576 g/mol. The van der Waals surface area contributed by atoms with Crippen LogP contribution in [0.1, 0.15) is 95.8 Å². The van der Waals surface area contributed by atoms with E-state index in [0.29, 0.717) is 0 Å². The fourth-order valence-corrected chi connectivity index (χ4v) is 5.25. The number of ether oxygens (including phenoxy) is 4. The Morgan fingerprint density at radius 3 is 2.29 bits per heavy atom. The van der Waals surface area contributed by atoms with Crippen LogP contribution in [0.15, 0.2) is 47.6 Å². The Labute approximate surface area is 244 Å². The molecule has 41 heavy (non-hydrogen) atoms. The number of allylic oxidation sites excluding steroid dienone is 1. The maximum absolute atomic E-state index is 10.7. The molecule has 2 heterocycles. The first-order valence-corrected chi connectivity index (χ1v) is 15.4. The molecular weight excluding hydrogens is 526 g/mol. The molecular formula is C31H49N3O7. The Bertz CT molecular complexity index is 912. The highest BCUT2D eigenvalue weighted by Crippen LogP contribution is 2.34. The molecule has 10 nitrogen and oxygen atoms in total. The maximum Gasteiger partial charge on any atom is 0.186 e. The molecule has 2 aliphatic heterocycles. The molecule has 2 fully saturated rings. The summed E-state index contributed by atoms with van der Waals surface area (Å²) in [7, 11) is 0. The molecule has 0 bridgehead atoms. The number of unbranched alkanes of at least 4 members (excludes halogenated alkanes) is 11. The van der Waals surface area contributed by atoms with Gasteiger partial charge in [-0.25, -0.2) is 0 Å². The van der Waals surface area contributed by atoms with Gasteiger partial charge in [0.1, 0.15) is 24.4 Å². The lowest BCUT2D eigenvalue weighted by Gasteiger charge is -2.46. The first kappa shape index (κ1) is 33.5. The van der Waals surface area contributed by atoms with Gasteiger partial charge in [-0.15, -0.1) is 0 Å². The van der Waals surface area contributed by atoms with Gasteiger partial charge in [-0.3, -0.25) is 0 Å². The van der Waals surface area contributed by atoms with E-state index in [1.807, 2.05) is 36.4 Å². The first-order valence-electron chi connectivity index (χ1n) is 15.4. The van der Waals surface area contributed by atoms with E-state index in [1.54, 1.807) is 6.08 Å². The van der Waals surface area contributed by atoms with Gasteiger partial charge in [0, 0.05) is 10.5 Å². The summed E-state index contributed by atoms with van der Waals surface area (Å²) in [6.45, 7) is 2.18. The molecule has 3 N–H and O–H groups in total. The van der Waals surface area contributed by atoms with Gasteiger partial charge < -0.3 is 34.3 Å². The second-order valence-corrected chi connectivity index (χ2v) is 11.0. The van der Waals surface area contributed by atoms with E-state index in [0.717, 1.165) is 24.8 Å². The fourth-order valence-electron chi connectivity index (χ4n) is 5.25. The summed E-state index contributed by atoms with van der Waals surface area (Å²) in [5.41, 5.74) is 9.79. The van der Waals surface area contributed by atoms with Crippen molar-refractivity contribution >= 4 is 0 Å². The Morgan fingerprint density at radius 1 is 0.976 bits per heavy atom. The normalized spacial score (nSPS) is 27.7. The number of benzene rings is 1. The quantitative estimate of drug-likeness (QED) is 0.0615. The largest absolute Gasteiger partial charge is 0.389 e. The van der Waals surface area contributed by atoms with Gasteiger partial charge >= 0.3 is 0 Å². The lowest BCUT2D eigenvalue weighted by atomic mass is 9.98. The van der Waals surface area contributed by atoms with Crippen molar-refractivity contribution in [3.8, 4) is 0 Å². The molecule has 0 amide bonds. The molecule has 3 rings (SSSR count). The Balaban J connectivity index is 1.35. The van der Waals surface area contributed by atoms with Crippen molar-refractivity contribution in [3.63, 3.8) is 0 Å². The smallest absolute Gasteiger partial charge is 0.186 e. The molecule has 1 aromatic carbocycles. The molecule has 0 spiro atoms. The van der Waals surface area contributed by atoms with Crippen LogP contribution in [0, 0.1) is 0 Å². The van der Waals surface area contributed by atoms with Crippen molar-refractivity contribution in [1.29, 1.82) is 0 Å². The highest BCUT2D eigenvalue weighted by atomic mass is 16.8. The van der Waals surface area contributed by atoms with Gasteiger partial charge in [-0.05, 0) is 18.4 Å². The van der Waals surface area contributed by atoms with Crippen molar-refractivity contribution < 1.29 is 34.3 Å². The van der Waals surface area contributed by atoms with E-state index < -0.39 is 49.1 Å². The van der Waals surface area contributed by atoms with Crippen molar-refractivity contribution in [2.24, 2.45) is 5.11 Å². The predicted molar refractivity (Wildman–Crippen MR) is 156 cm³/mol. The first-order chi connectivity index (χ1) is 20.0. The van der Waals surface area contributed by atoms with Crippen LogP contribution in [-0.4, -0.2) is 71.4 Å². The molecule has 0 radical (unpaired) electrons. The number of fused-ring (bicyclic) bond motifs is 1. The summed E-state index contributed by atoms with van der Waals surface area (Å²) in [5, 5.41) is 35.6. The number of azide groups is 1. The van der Waals surface area contributed by atoms with Crippen LogP contribution in [0.25, 0.3) is 10.4 Å². The fraction of sp³-hybridized carbons (Fsp3) is 0.742. The zero-order chi connectivity index (χ0) is 29.3. The SMILES string of the molecule is CCCCCCCCCCCCC/C=C/[C@@H](O)[C@H](CO[C@@H]1O[C@@H]2CO[C@H](c3ccccc3)O[C@@H]2[C@H](O)[C@H]1O)N=[N+]=[N-]. The van der Waals surface area contributed by atoms with Gasteiger partial charge in [0.15, 0.2) is 12.6 Å². The highest BCUT2D eigenvalue weighted by Gasteiger charge is 2.49. The third-order valence-corrected chi connectivity index (χ3v) is 7.74. The van der Waals surface area contributed by atoms with E-state index in [-0.39, 0.29) is 13.2 Å². The number of rotatable bonds is 19. The van der Waals surface area contributed by atoms with Crippen LogP contribution < -0.4 is 0 Å². The minimum atomic E-state index is -1.40. The van der Waals surface area contributed by atoms with Crippen LogP contribution in [-0.2, 0) is 18.9 Å². The maximum atomic E-state index is 10.7. The van der Waals surface area contributed by atoms with Crippen molar-refractivity contribution in [3.05, 3.63) is 58.5 Å². The third-order valence-electron chi connectivity index (χ3n) is 7.74. The van der Waals surface area contributed by atoms with Crippen LogP contribution >= 0.6 is 0 Å². The number of nitrogens with zero attached hydrogens (tertiary/aromatic N) is 3. The molecule has 2 aliphatic rings. The van der Waals surface area contributed by atoms with Crippen molar-refractivity contribution in [2.75, 3.05) is 13.2 Å². The lowest BCUT2D eigenvalue weighted by molar-refractivity contribution is -0.361. The van der Waals surface area contributed by atoms with Crippen molar-refractivity contribution in [2.45, 2.75) is 133 Å². The minimum absolute atomic E-state index is 0.137. The Hall–Kier alpha value is -2.01. The van der Waals surface area contributed by atoms with Gasteiger partial charge in [-0.2, -0.15) is 0 Å². The van der Waals surface area contributed by atoms with E-state index in [2.05, 4.69) is 16.9 Å². The standard InChI is InChI=1S/C31H49N3O7/c1-2-3-4-5-6-7-8-9-10-11-12-13-17-20-25(35)24(33-34-32)21-38-31-28(37)27(36)29-26(40-31)22-39-30(41-29)23-18-15-14-16-19-23/h14-20,24-31,35-37H,2-13,21-22H2,1H3/b20-17+/t24-,25+,26+,27+,28+,29-,30-,31+/m0/s1. The average Bonchev–Trinajstić information content (AvgIpc) is 3.00. The zero-order valence-corrected chi connectivity index (χ0v) is 24.4. The van der Waals surface area contributed by atoms with Gasteiger partial charge in [0.2, 0.25) is 0 Å². The Kier molecular flexibility index (Phi) is 15.7. The second-order valence-electron chi connectivity index (χ2n) is 11.0. The van der Waals surface area contributed by atoms with Crippen LogP contribution in [0.4, 0.5) is 0 Å². The number of hydrogen-bond donors (Lipinski definition) is 3. The third kappa shape index (κ3) is 11.3. The Morgan fingerprint density at radius 2 is 1.63 bits per heavy atom. The van der Waals surface area contributed by atoms with E-state index in [4.69, 9.17) is 24.5 Å². The predicted octanol–water partition coefficient (Wildman–Crippen LogP) is 5.86. The number of aliphatic hydroxyl groups excluding tert-OH is 3. The summed E-state index contributed by atoms with van der Waals surface area (Å²) < 4.78 is 23.2. The van der Waals surface area contributed by atoms with E-state index in [1.165, 1.54) is 57.8 Å². The summed E-state index contributed by atoms with van der Waals surface area (Å²) in [5.74, 6) is 0. The molecule has 0 saturated carbocycles. The van der Waals surface area contributed by atoms with E-state index >= 15 is 0 Å². The van der Waals surface area contributed by atoms with Crippen LogP contribution in [0.2, 0.25) is 0 Å². The minimum Gasteiger partial charge on any atom is -0.389 e. The van der Waals surface area contributed by atoms with E-state index in [9.17, 15) is 15.3 Å². The van der Waals surface area contributed by atoms with Crippen molar-refractivity contribution in [1.82, 2.24) is 0 Å². The highest BCUT2D eigenvalue weighted by molar-refractivity contribution is 5.16. The van der Waals surface area contributed by atoms with Crippen LogP contribution in [0.3, 0.4) is 0 Å². The van der Waals surface area contributed by atoms with Gasteiger partial charge in [-0.1, -0.05) is 119 Å². The number of hydrogen-bond acceptors (Lipinski definition) is 8. The number of aliphatic hydroxyl groups is 3. The molecule has 0 unspecified atom stereocenters. The second kappa shape index (κ2) is 19.2. The molecule has 8 atom stereocenters. The molecule has 230 valence electrons. The molecule has 10 heteroatoms. The molecule has 0 aliphatic carbocycles. The summed E-state index contributed by atoms with van der Waals surface area (Å²) in [4.78, 5) is 2.83. The molecule has 0 aromatic heterocycles. The van der Waals surface area contributed by atoms with Gasteiger partial charge in [0.05, 0.1) is 25.4 Å². The monoisotopic (exact) mass is 575 g/mol. The van der Waals surface area contributed by atoms with Crippen LogP contribution in [0.5, 0.6) is 0 Å². The summed E-state index contributed by atoms with van der Waals surface area (Å²) >= 11 is 0. The summed E-state index contributed by atoms with van der Waals surface area (Å²) in [6, 6.07) is 8.41. The summed E-state index contributed by atoms with van der Waals surface area (Å²) in [6.07, 6.45) is 11.3. The topological polar surface area (TPSA) is 146 Å². The molecule has 1 aromatic rings. The lowest BCUT2D eigenvalue weighted by Crippen LogP contribution is -2.62. The zero-order valence-electron chi connectivity index (χ0n) is 24.4. The molecule has 2 saturated heterocycles.